The molecule has 1 saturated carbocycles. The maximum absolute atomic E-state index is 12.9. The minimum absolute atomic E-state index is 0.0336. The van der Waals surface area contributed by atoms with Crippen LogP contribution in [0.25, 0.3) is 0 Å². The molecule has 45 heavy (non-hydrogen) atoms. The second-order valence-corrected chi connectivity index (χ2v) is 17.5. The molecule has 3 heterocycles. The highest BCUT2D eigenvalue weighted by molar-refractivity contribution is 7.91. The van der Waals surface area contributed by atoms with Crippen LogP contribution in [0, 0.1) is 17.8 Å². The molecule has 6 rings (SSSR count). The van der Waals surface area contributed by atoms with E-state index in [1.54, 1.807) is 12.1 Å². The summed E-state index contributed by atoms with van der Waals surface area (Å²) >= 11 is 0. The Kier molecular flexibility index (Phi) is 9.39. The fourth-order valence-corrected chi connectivity index (χ4v) is 9.71. The third-order valence-electron chi connectivity index (χ3n) is 10.5. The van der Waals surface area contributed by atoms with Crippen molar-refractivity contribution in [2.75, 3.05) is 49.8 Å². The Morgan fingerprint density at radius 1 is 0.844 bits per heavy atom. The first-order chi connectivity index (χ1) is 21.5. The number of hydrogen-bond acceptors (Lipinski definition) is 8. The number of aromatic nitrogens is 1. The summed E-state index contributed by atoms with van der Waals surface area (Å²) in [6.07, 6.45) is 9.49. The zero-order valence-corrected chi connectivity index (χ0v) is 27.9. The van der Waals surface area contributed by atoms with Crippen molar-refractivity contribution >= 4 is 25.4 Å². The van der Waals surface area contributed by atoms with Crippen LogP contribution in [0.4, 0.5) is 5.69 Å². The highest BCUT2D eigenvalue weighted by atomic mass is 32.2. The second-order valence-electron chi connectivity index (χ2n) is 13.5. The van der Waals surface area contributed by atoms with Gasteiger partial charge in [0.2, 0.25) is 9.84 Å². The normalized spacial score (nSPS) is 23.5. The largest absolute Gasteiger partial charge is 0.371 e. The smallest absolute Gasteiger partial charge is 0.206 e. The van der Waals surface area contributed by atoms with Gasteiger partial charge in [0.15, 0.2) is 9.84 Å². The third kappa shape index (κ3) is 6.99. The van der Waals surface area contributed by atoms with E-state index >= 15 is 0 Å². The number of sulfone groups is 2. The van der Waals surface area contributed by atoms with E-state index in [0.717, 1.165) is 70.5 Å². The number of pyridine rings is 1. The molecule has 2 saturated heterocycles. The molecule has 10 heteroatoms. The standard InChI is InChI=1S/C35H45N3O5S2/c1-35(28-7-4-3-5-8-28,33-9-6-10-34(33)43-26-44(2,39)40)29-17-21-37(22-18-29)23-27-24-38(25-27)30-11-13-31(14-12-30)45(41,42)32-15-19-36-20-16-32/h3-5,7-8,11-16,19-20,27,29,33-34H,6,9-10,17-18,21-26H2,1-2H3/t33-,34-,35?/m1/s1. The average molecular weight is 652 g/mol. The van der Waals surface area contributed by atoms with Gasteiger partial charge < -0.3 is 14.5 Å². The number of rotatable bonds is 11. The predicted octanol–water partition coefficient (Wildman–Crippen LogP) is 5.21. The summed E-state index contributed by atoms with van der Waals surface area (Å²) in [6.45, 7) is 7.55. The lowest BCUT2D eigenvalue weighted by atomic mass is 9.60. The van der Waals surface area contributed by atoms with Crippen LogP contribution >= 0.6 is 0 Å². The summed E-state index contributed by atoms with van der Waals surface area (Å²) in [5.41, 5.74) is 2.33. The lowest BCUT2D eigenvalue weighted by Crippen LogP contribution is -2.54. The van der Waals surface area contributed by atoms with E-state index in [2.05, 4.69) is 52.0 Å². The van der Waals surface area contributed by atoms with Gasteiger partial charge in [-0.2, -0.15) is 0 Å². The fourth-order valence-electron chi connectivity index (χ4n) is 8.04. The van der Waals surface area contributed by atoms with E-state index in [1.807, 2.05) is 12.1 Å². The molecular weight excluding hydrogens is 607 g/mol. The van der Waals surface area contributed by atoms with Crippen LogP contribution in [0.1, 0.15) is 44.6 Å². The van der Waals surface area contributed by atoms with E-state index in [-0.39, 0.29) is 22.4 Å². The Hall–Kier alpha value is -2.79. The molecule has 0 amide bonds. The lowest BCUT2D eigenvalue weighted by Gasteiger charge is -2.49. The van der Waals surface area contributed by atoms with Crippen LogP contribution < -0.4 is 4.90 Å². The molecule has 1 aromatic heterocycles. The summed E-state index contributed by atoms with van der Waals surface area (Å²) in [7, 11) is -6.73. The first kappa shape index (κ1) is 32.2. The second kappa shape index (κ2) is 13.1. The maximum atomic E-state index is 12.9. The molecule has 0 N–H and O–H groups in total. The number of piperidine rings is 1. The summed E-state index contributed by atoms with van der Waals surface area (Å²) < 4.78 is 55.7. The number of nitrogens with zero attached hydrogens (tertiary/aromatic N) is 3. The molecule has 1 unspecified atom stereocenters. The average Bonchev–Trinajstić information content (AvgIpc) is 3.52. The van der Waals surface area contributed by atoms with E-state index in [9.17, 15) is 16.8 Å². The molecule has 2 aromatic carbocycles. The zero-order valence-electron chi connectivity index (χ0n) is 26.3. The third-order valence-corrected chi connectivity index (χ3v) is 12.8. The summed E-state index contributed by atoms with van der Waals surface area (Å²) in [5.74, 6) is 1.18. The highest BCUT2D eigenvalue weighted by Crippen LogP contribution is 2.51. The zero-order chi connectivity index (χ0) is 31.7. The predicted molar refractivity (Wildman–Crippen MR) is 177 cm³/mol. The van der Waals surface area contributed by atoms with Crippen molar-refractivity contribution in [3.63, 3.8) is 0 Å². The molecule has 2 aliphatic heterocycles. The summed E-state index contributed by atoms with van der Waals surface area (Å²) in [6, 6.07) is 21.1. The SMILES string of the molecule is CC(c1ccccc1)(C1CCN(CC2CN(c3ccc(S(=O)(=O)c4ccncc4)cc3)C2)CC1)[C@@H]1CCC[C@H]1OCS(C)(=O)=O. The van der Waals surface area contributed by atoms with Crippen molar-refractivity contribution < 1.29 is 21.6 Å². The van der Waals surface area contributed by atoms with E-state index in [1.165, 1.54) is 36.3 Å². The minimum atomic E-state index is -3.55. The molecular formula is C35H45N3O5S2. The maximum Gasteiger partial charge on any atom is 0.206 e. The number of likely N-dealkylation sites (tertiary alicyclic amines) is 1. The van der Waals surface area contributed by atoms with Crippen molar-refractivity contribution in [3.8, 4) is 0 Å². The van der Waals surface area contributed by atoms with Gasteiger partial charge in [0.25, 0.3) is 0 Å². The van der Waals surface area contributed by atoms with Crippen molar-refractivity contribution in [1.82, 2.24) is 9.88 Å². The Balaban J connectivity index is 1.04. The number of benzene rings is 2. The lowest BCUT2D eigenvalue weighted by molar-refractivity contribution is -0.00165. The van der Waals surface area contributed by atoms with Gasteiger partial charge in [-0.25, -0.2) is 16.8 Å². The van der Waals surface area contributed by atoms with Crippen LogP contribution in [0.15, 0.2) is 88.9 Å². The Labute approximate surface area is 268 Å². The number of hydrogen-bond donors (Lipinski definition) is 0. The Morgan fingerprint density at radius 2 is 1.49 bits per heavy atom. The molecule has 242 valence electrons. The molecule has 3 fully saturated rings. The van der Waals surface area contributed by atoms with Gasteiger partial charge in [0.05, 0.1) is 15.9 Å². The van der Waals surface area contributed by atoms with Crippen LogP contribution in [-0.4, -0.2) is 77.7 Å². The van der Waals surface area contributed by atoms with Crippen molar-refractivity contribution in [2.24, 2.45) is 17.8 Å². The molecule has 8 nitrogen and oxygen atoms in total. The van der Waals surface area contributed by atoms with Crippen LogP contribution in [0.5, 0.6) is 0 Å². The van der Waals surface area contributed by atoms with Crippen LogP contribution in [0.2, 0.25) is 0 Å². The molecule has 3 atom stereocenters. The number of anilines is 1. The van der Waals surface area contributed by atoms with Crippen molar-refractivity contribution in [1.29, 1.82) is 0 Å². The fraction of sp³-hybridized carbons (Fsp3) is 0.514. The minimum Gasteiger partial charge on any atom is -0.371 e. The van der Waals surface area contributed by atoms with Gasteiger partial charge in [-0.05, 0) is 92.6 Å². The van der Waals surface area contributed by atoms with Gasteiger partial charge >= 0.3 is 0 Å². The van der Waals surface area contributed by atoms with Gasteiger partial charge in [-0.1, -0.05) is 43.7 Å². The van der Waals surface area contributed by atoms with Gasteiger partial charge in [-0.15, -0.1) is 0 Å². The molecule has 3 aromatic rings. The molecule has 0 radical (unpaired) electrons. The molecule has 0 spiro atoms. The van der Waals surface area contributed by atoms with Gasteiger partial charge in [-0.3, -0.25) is 4.98 Å². The molecule has 1 aliphatic carbocycles. The highest BCUT2D eigenvalue weighted by Gasteiger charge is 2.49. The van der Waals surface area contributed by atoms with Gasteiger partial charge in [0, 0.05) is 55.3 Å². The van der Waals surface area contributed by atoms with E-state index in [0.29, 0.717) is 22.6 Å². The summed E-state index contributed by atoms with van der Waals surface area (Å²) in [4.78, 5) is 9.41. The van der Waals surface area contributed by atoms with Crippen molar-refractivity contribution in [3.05, 3.63) is 84.7 Å². The quantitative estimate of drug-likeness (QED) is 0.279. The monoisotopic (exact) mass is 651 g/mol. The first-order valence-corrected chi connectivity index (χ1v) is 19.7. The van der Waals surface area contributed by atoms with Crippen molar-refractivity contribution in [2.45, 2.75) is 60.3 Å². The molecule has 0 bridgehead atoms. The van der Waals surface area contributed by atoms with Crippen LogP contribution in [0.3, 0.4) is 0 Å². The molecule has 3 aliphatic rings. The Bertz CT molecular complexity index is 1640. The first-order valence-electron chi connectivity index (χ1n) is 16.1. The van der Waals surface area contributed by atoms with E-state index in [4.69, 9.17) is 4.74 Å². The van der Waals surface area contributed by atoms with Gasteiger partial charge in [0.1, 0.15) is 5.94 Å². The Morgan fingerprint density at radius 3 is 2.13 bits per heavy atom. The number of ether oxygens (including phenoxy) is 1. The topological polar surface area (TPSA) is 96.9 Å². The van der Waals surface area contributed by atoms with Crippen LogP contribution in [-0.2, 0) is 29.8 Å². The van der Waals surface area contributed by atoms with E-state index < -0.39 is 19.7 Å². The summed E-state index contributed by atoms with van der Waals surface area (Å²) in [5, 5.41) is 0.